The summed E-state index contributed by atoms with van der Waals surface area (Å²) in [6, 6.07) is 12.6. The molecular formula is C18H18ClN3O3S. The first kappa shape index (κ1) is 18.4. The predicted molar refractivity (Wildman–Crippen MR) is 99.8 cm³/mol. The lowest BCUT2D eigenvalue weighted by Gasteiger charge is -2.19. The van der Waals surface area contributed by atoms with Gasteiger partial charge in [0.2, 0.25) is 10.0 Å². The number of methoxy groups -OCH3 is 1. The Labute approximate surface area is 157 Å². The van der Waals surface area contributed by atoms with Crippen LogP contribution in [0.2, 0.25) is 5.02 Å². The maximum Gasteiger partial charge on any atom is 0.241 e. The summed E-state index contributed by atoms with van der Waals surface area (Å²) in [6.07, 6.45) is 3.39. The van der Waals surface area contributed by atoms with Crippen molar-refractivity contribution in [1.82, 2.24) is 14.3 Å². The fraction of sp³-hybridized carbons (Fsp3) is 0.167. The molecule has 0 saturated heterocycles. The molecule has 0 aliphatic heterocycles. The number of aromatic nitrogens is 2. The first-order chi connectivity index (χ1) is 12.4. The number of ether oxygens (including phenoxy) is 1. The van der Waals surface area contributed by atoms with Crippen molar-refractivity contribution in [2.24, 2.45) is 7.05 Å². The van der Waals surface area contributed by atoms with E-state index in [2.05, 4.69) is 9.71 Å². The average molecular weight is 392 g/mol. The molecule has 0 aliphatic rings. The van der Waals surface area contributed by atoms with E-state index in [1.165, 1.54) is 12.1 Å². The molecule has 1 atom stereocenters. The number of halogens is 1. The minimum atomic E-state index is -3.81. The highest BCUT2D eigenvalue weighted by molar-refractivity contribution is 7.89. The Bertz CT molecular complexity index is 1000. The van der Waals surface area contributed by atoms with Gasteiger partial charge in [0.05, 0.1) is 12.0 Å². The van der Waals surface area contributed by atoms with Crippen molar-refractivity contribution >= 4 is 21.6 Å². The van der Waals surface area contributed by atoms with Gasteiger partial charge in [-0.25, -0.2) is 13.4 Å². The summed E-state index contributed by atoms with van der Waals surface area (Å²) >= 11 is 5.94. The molecule has 0 fully saturated rings. The molecule has 0 aliphatic carbocycles. The van der Waals surface area contributed by atoms with E-state index in [1.54, 1.807) is 60.5 Å². The van der Waals surface area contributed by atoms with Crippen LogP contribution in [-0.2, 0) is 17.1 Å². The van der Waals surface area contributed by atoms with Crippen molar-refractivity contribution in [3.05, 3.63) is 77.3 Å². The van der Waals surface area contributed by atoms with Gasteiger partial charge in [0, 0.05) is 24.5 Å². The van der Waals surface area contributed by atoms with Crippen molar-refractivity contribution in [2.75, 3.05) is 7.11 Å². The second kappa shape index (κ2) is 7.49. The molecule has 26 heavy (non-hydrogen) atoms. The number of aryl methyl sites for hydroxylation is 1. The second-order valence-electron chi connectivity index (χ2n) is 5.68. The molecule has 1 N–H and O–H groups in total. The van der Waals surface area contributed by atoms with Crippen LogP contribution in [-0.4, -0.2) is 25.1 Å². The van der Waals surface area contributed by atoms with Crippen LogP contribution < -0.4 is 9.46 Å². The minimum Gasteiger partial charge on any atom is -0.497 e. The van der Waals surface area contributed by atoms with Gasteiger partial charge in [-0.3, -0.25) is 0 Å². The molecule has 0 radical (unpaired) electrons. The van der Waals surface area contributed by atoms with Crippen molar-refractivity contribution < 1.29 is 13.2 Å². The van der Waals surface area contributed by atoms with E-state index >= 15 is 0 Å². The average Bonchev–Trinajstić information content (AvgIpc) is 3.06. The number of rotatable bonds is 6. The first-order valence-electron chi connectivity index (χ1n) is 7.80. The van der Waals surface area contributed by atoms with Gasteiger partial charge in [-0.15, -0.1) is 0 Å². The number of sulfonamides is 1. The van der Waals surface area contributed by atoms with Gasteiger partial charge >= 0.3 is 0 Å². The summed E-state index contributed by atoms with van der Waals surface area (Å²) in [6.45, 7) is 0. The fourth-order valence-electron chi connectivity index (χ4n) is 2.58. The maximum absolute atomic E-state index is 12.9. The monoisotopic (exact) mass is 391 g/mol. The first-order valence-corrected chi connectivity index (χ1v) is 9.66. The molecule has 1 heterocycles. The highest BCUT2D eigenvalue weighted by Crippen LogP contribution is 2.26. The number of imidazole rings is 1. The van der Waals surface area contributed by atoms with Gasteiger partial charge in [0.15, 0.2) is 0 Å². The van der Waals surface area contributed by atoms with Crippen molar-refractivity contribution in [2.45, 2.75) is 10.9 Å². The summed E-state index contributed by atoms with van der Waals surface area (Å²) in [5, 5.41) is 0.353. The number of benzene rings is 2. The Morgan fingerprint density at radius 2 is 1.92 bits per heavy atom. The van der Waals surface area contributed by atoms with Gasteiger partial charge in [0.1, 0.15) is 17.6 Å². The molecule has 2 aromatic carbocycles. The Morgan fingerprint density at radius 1 is 1.19 bits per heavy atom. The van der Waals surface area contributed by atoms with E-state index in [-0.39, 0.29) is 4.90 Å². The smallest absolute Gasteiger partial charge is 0.241 e. The summed E-state index contributed by atoms with van der Waals surface area (Å²) < 4.78 is 35.4. The van der Waals surface area contributed by atoms with Crippen LogP contribution in [0.25, 0.3) is 0 Å². The molecule has 1 aromatic heterocycles. The zero-order chi connectivity index (χ0) is 18.7. The maximum atomic E-state index is 12.9. The molecule has 1 unspecified atom stereocenters. The molecule has 8 heteroatoms. The zero-order valence-corrected chi connectivity index (χ0v) is 15.8. The lowest BCUT2D eigenvalue weighted by molar-refractivity contribution is 0.414. The van der Waals surface area contributed by atoms with Crippen LogP contribution in [0.1, 0.15) is 17.4 Å². The molecule has 6 nitrogen and oxygen atoms in total. The molecule has 0 spiro atoms. The van der Waals surface area contributed by atoms with E-state index in [9.17, 15) is 8.42 Å². The number of nitrogens with one attached hydrogen (secondary N) is 1. The molecule has 0 saturated carbocycles. The Kier molecular flexibility index (Phi) is 5.31. The van der Waals surface area contributed by atoms with E-state index in [4.69, 9.17) is 16.3 Å². The van der Waals surface area contributed by atoms with Gasteiger partial charge in [0.25, 0.3) is 0 Å². The minimum absolute atomic E-state index is 0.0951. The summed E-state index contributed by atoms with van der Waals surface area (Å²) in [5.41, 5.74) is 0.741. The topological polar surface area (TPSA) is 73.2 Å². The third-order valence-corrected chi connectivity index (χ3v) is 5.60. The van der Waals surface area contributed by atoms with Crippen molar-refractivity contribution in [3.8, 4) is 5.75 Å². The fourth-order valence-corrected chi connectivity index (χ4v) is 4.06. The van der Waals surface area contributed by atoms with Crippen molar-refractivity contribution in [1.29, 1.82) is 0 Å². The quantitative estimate of drug-likeness (QED) is 0.700. The molecule has 0 amide bonds. The highest BCUT2D eigenvalue weighted by atomic mass is 35.5. The SMILES string of the molecule is COc1ccc(C(NS(=O)(=O)c2cccc(Cl)c2)c2nccn2C)cc1. The largest absolute Gasteiger partial charge is 0.497 e. The van der Waals surface area contributed by atoms with E-state index in [0.717, 1.165) is 5.56 Å². The second-order valence-corrected chi connectivity index (χ2v) is 7.83. The zero-order valence-electron chi connectivity index (χ0n) is 14.3. The Balaban J connectivity index is 2.02. The molecular weight excluding hydrogens is 374 g/mol. The summed E-state index contributed by atoms with van der Waals surface area (Å²) in [7, 11) is -0.419. The van der Waals surface area contributed by atoms with Crippen molar-refractivity contribution in [3.63, 3.8) is 0 Å². The van der Waals surface area contributed by atoms with Crippen LogP contribution in [0, 0.1) is 0 Å². The molecule has 3 aromatic rings. The number of hydrogen-bond acceptors (Lipinski definition) is 4. The lowest BCUT2D eigenvalue weighted by atomic mass is 10.1. The predicted octanol–water partition coefficient (Wildman–Crippen LogP) is 3.15. The van der Waals surface area contributed by atoms with E-state index in [0.29, 0.717) is 16.6 Å². The van der Waals surface area contributed by atoms with Crippen LogP contribution in [0.3, 0.4) is 0 Å². The molecule has 0 bridgehead atoms. The van der Waals surface area contributed by atoms with Gasteiger partial charge < -0.3 is 9.30 Å². The van der Waals surface area contributed by atoms with E-state index < -0.39 is 16.1 Å². The number of hydrogen-bond donors (Lipinski definition) is 1. The molecule has 136 valence electrons. The highest BCUT2D eigenvalue weighted by Gasteiger charge is 2.26. The molecule has 3 rings (SSSR count). The van der Waals surface area contributed by atoms with Crippen LogP contribution in [0.5, 0.6) is 5.75 Å². The van der Waals surface area contributed by atoms with Gasteiger partial charge in [-0.1, -0.05) is 29.8 Å². The van der Waals surface area contributed by atoms with E-state index in [1.807, 2.05) is 7.05 Å². The van der Waals surface area contributed by atoms with Gasteiger partial charge in [-0.05, 0) is 35.9 Å². The summed E-state index contributed by atoms with van der Waals surface area (Å²) in [5.74, 6) is 1.26. The Morgan fingerprint density at radius 3 is 2.50 bits per heavy atom. The number of nitrogens with zero attached hydrogens (tertiary/aromatic N) is 2. The van der Waals surface area contributed by atoms with Gasteiger partial charge in [-0.2, -0.15) is 4.72 Å². The normalized spacial score (nSPS) is 12.7. The lowest BCUT2D eigenvalue weighted by Crippen LogP contribution is -2.31. The Hall–Kier alpha value is -2.35. The van der Waals surface area contributed by atoms with Crippen LogP contribution in [0.4, 0.5) is 0 Å². The van der Waals surface area contributed by atoms with Crippen LogP contribution >= 0.6 is 11.6 Å². The third-order valence-electron chi connectivity index (χ3n) is 3.95. The van der Waals surface area contributed by atoms with Crippen LogP contribution in [0.15, 0.2) is 65.8 Å². The standard InChI is InChI=1S/C18H18ClN3O3S/c1-22-11-10-20-18(22)17(13-6-8-15(25-2)9-7-13)21-26(23,24)16-5-3-4-14(19)12-16/h3-12,17,21H,1-2H3. The third kappa shape index (κ3) is 3.90. The summed E-state index contributed by atoms with van der Waals surface area (Å²) in [4.78, 5) is 4.40.